The molecule has 0 saturated carbocycles. The molecule has 4 rings (SSSR count). The molecule has 0 bridgehead atoms. The van der Waals surface area contributed by atoms with E-state index in [2.05, 4.69) is 16.8 Å². The lowest BCUT2D eigenvalue weighted by molar-refractivity contribution is 0.0505. The first kappa shape index (κ1) is 16.4. The summed E-state index contributed by atoms with van der Waals surface area (Å²) in [5.41, 5.74) is 1.73. The van der Waals surface area contributed by atoms with Gasteiger partial charge in [0.05, 0.1) is 0 Å². The highest BCUT2D eigenvalue weighted by Crippen LogP contribution is 2.31. The van der Waals surface area contributed by atoms with Crippen LogP contribution in [0.3, 0.4) is 0 Å². The molecule has 3 aromatic rings. The van der Waals surface area contributed by atoms with Crippen molar-refractivity contribution in [2.75, 3.05) is 46.4 Å². The molecular weight excluding hydrogens is 316 g/mol. The van der Waals surface area contributed by atoms with Crippen molar-refractivity contribution in [2.24, 2.45) is 0 Å². The number of likely N-dealkylation sites (N-methyl/N-ethyl adjacent to an activating group) is 1. The van der Waals surface area contributed by atoms with Crippen molar-refractivity contribution >= 4 is 21.9 Å². The Balaban J connectivity index is 1.39. The molecule has 0 unspecified atom stereocenters. The summed E-state index contributed by atoms with van der Waals surface area (Å²) >= 11 is 0. The number of ether oxygens (including phenoxy) is 1. The number of hydrogen-bond donors (Lipinski definition) is 1. The second-order valence-corrected chi connectivity index (χ2v) is 6.82. The van der Waals surface area contributed by atoms with Crippen LogP contribution in [0.15, 0.2) is 46.9 Å². The van der Waals surface area contributed by atoms with E-state index >= 15 is 0 Å². The summed E-state index contributed by atoms with van der Waals surface area (Å²) in [6.07, 6.45) is -0.486. The number of aliphatic hydroxyl groups excluding tert-OH is 1. The van der Waals surface area contributed by atoms with Crippen LogP contribution in [0.4, 0.5) is 0 Å². The number of piperazine rings is 1. The van der Waals surface area contributed by atoms with Gasteiger partial charge in [0.2, 0.25) is 0 Å². The summed E-state index contributed by atoms with van der Waals surface area (Å²) < 4.78 is 11.7. The molecule has 1 fully saturated rings. The number of rotatable bonds is 5. The van der Waals surface area contributed by atoms with E-state index in [4.69, 9.17) is 9.15 Å². The lowest BCUT2D eigenvalue weighted by atomic mass is 10.1. The summed E-state index contributed by atoms with van der Waals surface area (Å²) in [4.78, 5) is 4.60. The SMILES string of the molecule is CN1CCN(C[C@H](O)COc2ccc3oc4ccccc4c3c2)CC1. The van der Waals surface area contributed by atoms with Crippen LogP contribution in [0, 0.1) is 0 Å². The van der Waals surface area contributed by atoms with Gasteiger partial charge >= 0.3 is 0 Å². The van der Waals surface area contributed by atoms with Gasteiger partial charge in [-0.15, -0.1) is 0 Å². The average molecular weight is 340 g/mol. The van der Waals surface area contributed by atoms with Crippen molar-refractivity contribution in [3.05, 3.63) is 42.5 Å². The molecule has 0 aliphatic carbocycles. The maximum atomic E-state index is 10.3. The fourth-order valence-corrected chi connectivity index (χ4v) is 3.37. The Morgan fingerprint density at radius 1 is 1.04 bits per heavy atom. The third-order valence-electron chi connectivity index (χ3n) is 4.86. The first-order valence-electron chi connectivity index (χ1n) is 8.82. The molecule has 1 aliphatic rings. The number of β-amino-alcohol motifs (C(OH)–C–C–N with tert-alkyl or cyclic N) is 1. The molecule has 0 amide bonds. The fraction of sp³-hybridized carbons (Fsp3) is 0.400. The lowest BCUT2D eigenvalue weighted by Crippen LogP contribution is -2.47. The number of nitrogens with zero attached hydrogens (tertiary/aromatic N) is 2. The average Bonchev–Trinajstić information content (AvgIpc) is 3.00. The quantitative estimate of drug-likeness (QED) is 0.774. The summed E-state index contributed by atoms with van der Waals surface area (Å²) in [5.74, 6) is 0.761. The van der Waals surface area contributed by atoms with Crippen molar-refractivity contribution in [3.8, 4) is 5.75 Å². The summed E-state index contributed by atoms with van der Waals surface area (Å²) in [7, 11) is 2.13. The van der Waals surface area contributed by atoms with Gasteiger partial charge in [0.15, 0.2) is 0 Å². The highest BCUT2D eigenvalue weighted by Gasteiger charge is 2.17. The van der Waals surface area contributed by atoms with Crippen LogP contribution in [0.5, 0.6) is 5.75 Å². The first-order valence-corrected chi connectivity index (χ1v) is 8.82. The number of benzene rings is 2. The van der Waals surface area contributed by atoms with Crippen molar-refractivity contribution in [1.82, 2.24) is 9.80 Å². The number of para-hydroxylation sites is 1. The van der Waals surface area contributed by atoms with Gasteiger partial charge in [-0.05, 0) is 31.3 Å². The van der Waals surface area contributed by atoms with Crippen LogP contribution < -0.4 is 4.74 Å². The molecule has 2 heterocycles. The van der Waals surface area contributed by atoms with Gasteiger partial charge in [-0.25, -0.2) is 0 Å². The van der Waals surface area contributed by atoms with Crippen LogP contribution >= 0.6 is 0 Å². The monoisotopic (exact) mass is 340 g/mol. The highest BCUT2D eigenvalue weighted by molar-refractivity contribution is 6.05. The Morgan fingerprint density at radius 2 is 1.80 bits per heavy atom. The van der Waals surface area contributed by atoms with Gasteiger partial charge in [-0.3, -0.25) is 4.90 Å². The fourth-order valence-electron chi connectivity index (χ4n) is 3.37. The van der Waals surface area contributed by atoms with Crippen molar-refractivity contribution in [3.63, 3.8) is 0 Å². The van der Waals surface area contributed by atoms with E-state index < -0.39 is 6.10 Å². The number of aliphatic hydroxyl groups is 1. The van der Waals surface area contributed by atoms with Crippen LogP contribution in [-0.2, 0) is 0 Å². The minimum atomic E-state index is -0.486. The second kappa shape index (κ2) is 7.04. The first-order chi connectivity index (χ1) is 12.2. The van der Waals surface area contributed by atoms with E-state index in [0.29, 0.717) is 13.2 Å². The van der Waals surface area contributed by atoms with E-state index in [9.17, 15) is 5.11 Å². The Labute approximate surface area is 147 Å². The van der Waals surface area contributed by atoms with E-state index in [1.54, 1.807) is 0 Å². The Hall–Kier alpha value is -2.08. The van der Waals surface area contributed by atoms with E-state index in [0.717, 1.165) is 53.9 Å². The van der Waals surface area contributed by atoms with Crippen LogP contribution in [0.2, 0.25) is 0 Å². The van der Waals surface area contributed by atoms with Gasteiger partial charge in [-0.1, -0.05) is 18.2 Å². The molecule has 132 valence electrons. The molecule has 2 aromatic carbocycles. The molecule has 1 aliphatic heterocycles. The molecule has 5 heteroatoms. The van der Waals surface area contributed by atoms with Gasteiger partial charge in [-0.2, -0.15) is 0 Å². The standard InChI is InChI=1S/C20H24N2O3/c1-21-8-10-22(11-9-21)13-15(23)14-24-16-6-7-20-18(12-16)17-4-2-3-5-19(17)25-20/h2-7,12,15,23H,8-11,13-14H2,1H3/t15-/m0/s1. The van der Waals surface area contributed by atoms with Gasteiger partial charge in [0.25, 0.3) is 0 Å². The predicted molar refractivity (Wildman–Crippen MR) is 99.2 cm³/mol. The normalized spacial score (nSPS) is 18.0. The summed E-state index contributed by atoms with van der Waals surface area (Å²) in [6, 6.07) is 13.8. The third-order valence-corrected chi connectivity index (χ3v) is 4.86. The molecule has 0 radical (unpaired) electrons. The van der Waals surface area contributed by atoms with Gasteiger partial charge in [0, 0.05) is 43.5 Å². The molecule has 0 spiro atoms. The maximum Gasteiger partial charge on any atom is 0.135 e. The second-order valence-electron chi connectivity index (χ2n) is 6.82. The number of hydrogen-bond acceptors (Lipinski definition) is 5. The van der Waals surface area contributed by atoms with Crippen LogP contribution in [0.1, 0.15) is 0 Å². The Bertz CT molecular complexity index is 852. The topological polar surface area (TPSA) is 49.1 Å². The predicted octanol–water partition coefficient (Wildman–Crippen LogP) is 2.57. The molecule has 1 atom stereocenters. The zero-order valence-electron chi connectivity index (χ0n) is 14.5. The third kappa shape index (κ3) is 3.63. The largest absolute Gasteiger partial charge is 0.491 e. The van der Waals surface area contributed by atoms with E-state index in [-0.39, 0.29) is 0 Å². The zero-order valence-corrected chi connectivity index (χ0v) is 14.5. The minimum Gasteiger partial charge on any atom is -0.491 e. The molecule has 1 aromatic heterocycles. The highest BCUT2D eigenvalue weighted by atomic mass is 16.5. The Morgan fingerprint density at radius 3 is 2.64 bits per heavy atom. The van der Waals surface area contributed by atoms with Crippen molar-refractivity contribution in [1.29, 1.82) is 0 Å². The minimum absolute atomic E-state index is 0.299. The summed E-state index contributed by atoms with van der Waals surface area (Å²) in [5, 5.41) is 12.4. The summed E-state index contributed by atoms with van der Waals surface area (Å²) in [6.45, 7) is 5.06. The van der Waals surface area contributed by atoms with Gasteiger partial charge in [0.1, 0.15) is 29.6 Å². The lowest BCUT2D eigenvalue weighted by Gasteiger charge is -2.33. The van der Waals surface area contributed by atoms with E-state index in [1.807, 2.05) is 42.5 Å². The molecular formula is C20H24N2O3. The van der Waals surface area contributed by atoms with Crippen molar-refractivity contribution in [2.45, 2.75) is 6.10 Å². The molecule has 1 saturated heterocycles. The van der Waals surface area contributed by atoms with Gasteiger partial charge < -0.3 is 19.2 Å². The van der Waals surface area contributed by atoms with Crippen LogP contribution in [0.25, 0.3) is 21.9 Å². The number of fused-ring (bicyclic) bond motifs is 3. The molecule has 25 heavy (non-hydrogen) atoms. The number of furan rings is 1. The molecule has 5 nitrogen and oxygen atoms in total. The Kier molecular flexibility index (Phi) is 4.61. The van der Waals surface area contributed by atoms with Crippen molar-refractivity contribution < 1.29 is 14.3 Å². The van der Waals surface area contributed by atoms with Crippen LogP contribution in [-0.4, -0.2) is 67.4 Å². The maximum absolute atomic E-state index is 10.3. The molecule has 1 N–H and O–H groups in total. The zero-order chi connectivity index (χ0) is 17.2. The van der Waals surface area contributed by atoms with E-state index in [1.165, 1.54) is 0 Å². The smallest absolute Gasteiger partial charge is 0.135 e.